The molecule has 1 aliphatic heterocycles. The normalized spacial score (nSPS) is 17.5. The highest BCUT2D eigenvalue weighted by molar-refractivity contribution is 5.99. The Labute approximate surface area is 133 Å². The van der Waals surface area contributed by atoms with Gasteiger partial charge in [-0.15, -0.1) is 0 Å². The Hall–Kier alpha value is -2.44. The minimum atomic E-state index is -0.700. The van der Waals surface area contributed by atoms with Crippen molar-refractivity contribution < 1.29 is 23.5 Å². The Bertz CT molecular complexity index is 618. The van der Waals surface area contributed by atoms with E-state index in [2.05, 4.69) is 5.32 Å². The van der Waals surface area contributed by atoms with Crippen LogP contribution in [0.15, 0.2) is 24.3 Å². The Balaban J connectivity index is 1.93. The number of hydrogen-bond acceptors (Lipinski definition) is 4. The summed E-state index contributed by atoms with van der Waals surface area (Å²) in [5, 5.41) is 2.60. The molecule has 1 saturated heterocycles. The lowest BCUT2D eigenvalue weighted by molar-refractivity contribution is -0.152. The van der Waals surface area contributed by atoms with Crippen LogP contribution in [-0.2, 0) is 19.1 Å². The number of anilines is 1. The highest BCUT2D eigenvalue weighted by Gasteiger charge is 2.37. The predicted octanol–water partition coefficient (Wildman–Crippen LogP) is 1.25. The van der Waals surface area contributed by atoms with Gasteiger partial charge in [0, 0.05) is 19.0 Å². The Kier molecular flexibility index (Phi) is 5.31. The number of hydrogen-bond donors (Lipinski definition) is 1. The summed E-state index contributed by atoms with van der Waals surface area (Å²) in [7, 11) is 0. The number of esters is 1. The highest BCUT2D eigenvalue weighted by atomic mass is 19.1. The van der Waals surface area contributed by atoms with Crippen molar-refractivity contribution in [2.75, 3.05) is 18.1 Å². The molecule has 0 aromatic heterocycles. The summed E-state index contributed by atoms with van der Waals surface area (Å²) >= 11 is 0. The van der Waals surface area contributed by atoms with Crippen LogP contribution in [0.3, 0.4) is 0 Å². The molecular weight excluding hydrogens is 303 g/mol. The fourth-order valence-electron chi connectivity index (χ4n) is 2.39. The molecule has 1 aromatic carbocycles. The summed E-state index contributed by atoms with van der Waals surface area (Å²) in [6, 6.07) is 5.83. The van der Waals surface area contributed by atoms with Crippen molar-refractivity contribution in [2.24, 2.45) is 5.92 Å². The van der Waals surface area contributed by atoms with Crippen LogP contribution in [0.2, 0.25) is 0 Å². The zero-order valence-corrected chi connectivity index (χ0v) is 13.0. The summed E-state index contributed by atoms with van der Waals surface area (Å²) in [5.41, 5.74) is 0.144. The fourth-order valence-corrected chi connectivity index (χ4v) is 2.39. The van der Waals surface area contributed by atoms with Crippen LogP contribution in [0, 0.1) is 11.7 Å². The lowest BCUT2D eigenvalue weighted by Gasteiger charge is -2.17. The van der Waals surface area contributed by atoms with Gasteiger partial charge in [-0.1, -0.05) is 12.1 Å². The summed E-state index contributed by atoms with van der Waals surface area (Å²) < 4.78 is 18.7. The lowest BCUT2D eigenvalue weighted by Crippen LogP contribution is -2.35. The van der Waals surface area contributed by atoms with Gasteiger partial charge in [-0.05, 0) is 26.0 Å². The summed E-state index contributed by atoms with van der Waals surface area (Å²) in [5.74, 6) is -2.59. The Morgan fingerprint density at radius 2 is 2.09 bits per heavy atom. The smallest absolute Gasteiger partial charge is 0.311 e. The molecule has 2 rings (SSSR count). The van der Waals surface area contributed by atoms with Crippen LogP contribution in [0.25, 0.3) is 0 Å². The maximum Gasteiger partial charge on any atom is 0.311 e. The number of rotatable bonds is 5. The number of benzene rings is 1. The maximum absolute atomic E-state index is 13.8. The first-order valence-electron chi connectivity index (χ1n) is 7.39. The standard InChI is InChI=1S/C16H19FN2O4/c1-10(2)18-14(20)9-23-16(22)11-7-15(21)19(8-11)13-6-4-3-5-12(13)17/h3-6,10-11H,7-9H2,1-2H3,(H,18,20)/t11-/m1/s1. The molecule has 1 fully saturated rings. The molecule has 124 valence electrons. The van der Waals surface area contributed by atoms with Crippen molar-refractivity contribution in [3.8, 4) is 0 Å². The Morgan fingerprint density at radius 3 is 2.74 bits per heavy atom. The van der Waals surface area contributed by atoms with Gasteiger partial charge in [0.25, 0.3) is 5.91 Å². The Morgan fingerprint density at radius 1 is 1.39 bits per heavy atom. The van der Waals surface area contributed by atoms with E-state index in [-0.39, 0.29) is 37.2 Å². The van der Waals surface area contributed by atoms with Gasteiger partial charge in [0.05, 0.1) is 11.6 Å². The second kappa shape index (κ2) is 7.21. The van der Waals surface area contributed by atoms with Crippen LogP contribution in [0.4, 0.5) is 10.1 Å². The van der Waals surface area contributed by atoms with Gasteiger partial charge in [-0.3, -0.25) is 14.4 Å². The molecule has 1 aliphatic rings. The summed E-state index contributed by atoms with van der Waals surface area (Å²) in [4.78, 5) is 36.6. The topological polar surface area (TPSA) is 75.7 Å². The van der Waals surface area contributed by atoms with Crippen molar-refractivity contribution >= 4 is 23.5 Å². The molecular formula is C16H19FN2O4. The van der Waals surface area contributed by atoms with Gasteiger partial charge in [-0.25, -0.2) is 4.39 Å². The third kappa shape index (κ3) is 4.28. The average Bonchev–Trinajstić information content (AvgIpc) is 2.86. The van der Waals surface area contributed by atoms with E-state index in [0.717, 1.165) is 0 Å². The number of amides is 2. The molecule has 0 saturated carbocycles. The van der Waals surface area contributed by atoms with E-state index in [1.807, 2.05) is 0 Å². The van der Waals surface area contributed by atoms with Gasteiger partial charge in [0.1, 0.15) is 5.82 Å². The molecule has 1 N–H and O–H groups in total. The van der Waals surface area contributed by atoms with Crippen molar-refractivity contribution in [1.29, 1.82) is 0 Å². The van der Waals surface area contributed by atoms with Crippen molar-refractivity contribution in [1.82, 2.24) is 5.32 Å². The van der Waals surface area contributed by atoms with Gasteiger partial charge in [0.15, 0.2) is 6.61 Å². The molecule has 7 heteroatoms. The number of ether oxygens (including phenoxy) is 1. The fraction of sp³-hybridized carbons (Fsp3) is 0.438. The van der Waals surface area contributed by atoms with Crippen LogP contribution in [0.5, 0.6) is 0 Å². The largest absolute Gasteiger partial charge is 0.455 e. The second-order valence-electron chi connectivity index (χ2n) is 5.69. The molecule has 0 aliphatic carbocycles. The predicted molar refractivity (Wildman–Crippen MR) is 81.1 cm³/mol. The lowest BCUT2D eigenvalue weighted by atomic mass is 10.1. The van der Waals surface area contributed by atoms with Crippen LogP contribution in [-0.4, -0.2) is 37.0 Å². The number of halogens is 1. The zero-order valence-electron chi connectivity index (χ0n) is 13.0. The van der Waals surface area contributed by atoms with E-state index < -0.39 is 23.6 Å². The number of para-hydroxylation sites is 1. The molecule has 0 unspecified atom stereocenters. The second-order valence-corrected chi connectivity index (χ2v) is 5.69. The van der Waals surface area contributed by atoms with Gasteiger partial charge in [-0.2, -0.15) is 0 Å². The molecule has 1 atom stereocenters. The quantitative estimate of drug-likeness (QED) is 0.828. The summed E-state index contributed by atoms with van der Waals surface area (Å²) in [6.45, 7) is 3.25. The number of carbonyl (C=O) groups is 3. The monoisotopic (exact) mass is 322 g/mol. The van der Waals surface area contributed by atoms with Crippen molar-refractivity contribution in [3.63, 3.8) is 0 Å². The van der Waals surface area contributed by atoms with E-state index in [9.17, 15) is 18.8 Å². The molecule has 0 spiro atoms. The number of nitrogens with zero attached hydrogens (tertiary/aromatic N) is 1. The third-order valence-corrected chi connectivity index (χ3v) is 3.40. The minimum absolute atomic E-state index is 0.0460. The van der Waals surface area contributed by atoms with E-state index in [4.69, 9.17) is 4.74 Å². The number of nitrogens with one attached hydrogen (secondary N) is 1. The van der Waals surface area contributed by atoms with Crippen LogP contribution >= 0.6 is 0 Å². The molecule has 0 radical (unpaired) electrons. The molecule has 2 amide bonds. The third-order valence-electron chi connectivity index (χ3n) is 3.40. The van der Waals surface area contributed by atoms with Gasteiger partial charge < -0.3 is 15.0 Å². The van der Waals surface area contributed by atoms with E-state index in [0.29, 0.717) is 0 Å². The molecule has 0 bridgehead atoms. The van der Waals surface area contributed by atoms with Gasteiger partial charge >= 0.3 is 5.97 Å². The van der Waals surface area contributed by atoms with E-state index in [1.165, 1.54) is 23.1 Å². The van der Waals surface area contributed by atoms with Crippen LogP contribution in [0.1, 0.15) is 20.3 Å². The van der Waals surface area contributed by atoms with E-state index >= 15 is 0 Å². The molecule has 1 heterocycles. The first kappa shape index (κ1) is 16.9. The summed E-state index contributed by atoms with van der Waals surface area (Å²) in [6.07, 6.45) is -0.0566. The minimum Gasteiger partial charge on any atom is -0.455 e. The SMILES string of the molecule is CC(C)NC(=O)COC(=O)[C@@H]1CC(=O)N(c2ccccc2F)C1. The number of carbonyl (C=O) groups excluding carboxylic acids is 3. The van der Waals surface area contributed by atoms with Gasteiger partial charge in [0.2, 0.25) is 5.91 Å². The van der Waals surface area contributed by atoms with Crippen molar-refractivity contribution in [3.05, 3.63) is 30.1 Å². The molecule has 23 heavy (non-hydrogen) atoms. The first-order valence-corrected chi connectivity index (χ1v) is 7.39. The highest BCUT2D eigenvalue weighted by Crippen LogP contribution is 2.27. The molecule has 1 aromatic rings. The maximum atomic E-state index is 13.8. The average molecular weight is 322 g/mol. The van der Waals surface area contributed by atoms with E-state index in [1.54, 1.807) is 19.9 Å². The van der Waals surface area contributed by atoms with Crippen molar-refractivity contribution in [2.45, 2.75) is 26.3 Å². The zero-order chi connectivity index (χ0) is 17.0. The van der Waals surface area contributed by atoms with Crippen LogP contribution < -0.4 is 10.2 Å². The molecule has 6 nitrogen and oxygen atoms in total. The first-order chi connectivity index (χ1) is 10.9.